The summed E-state index contributed by atoms with van der Waals surface area (Å²) in [6.07, 6.45) is 0. The minimum atomic E-state index is 0. The molecule has 0 N–H and O–H groups in total. The third-order valence-electron chi connectivity index (χ3n) is 2.82. The molecule has 2 unspecified atom stereocenters. The van der Waals surface area contributed by atoms with Gasteiger partial charge < -0.3 is 0 Å². The summed E-state index contributed by atoms with van der Waals surface area (Å²) < 4.78 is 2.17. The molecule has 1 rings (SSSR count). The van der Waals surface area contributed by atoms with Crippen LogP contribution in [0.4, 0.5) is 0 Å². The minimum Gasteiger partial charge on any atom is -0.131 e. The zero-order valence-corrected chi connectivity index (χ0v) is 18.8. The molecule has 19 heavy (non-hydrogen) atoms. The maximum atomic E-state index is 4.26. The van der Waals surface area contributed by atoms with E-state index in [0.29, 0.717) is 22.3 Å². The van der Waals surface area contributed by atoms with Gasteiger partial charge in [0, 0.05) is 30.0 Å². The predicted octanol–water partition coefficient (Wildman–Crippen LogP) is 5.46. The summed E-state index contributed by atoms with van der Waals surface area (Å²) in [5, 5.41) is 9.75. The molecule has 0 saturated carbocycles. The molecule has 106 valence electrons. The van der Waals surface area contributed by atoms with Crippen LogP contribution in [0.1, 0.15) is 41.5 Å². The Morgan fingerprint density at radius 1 is 0.842 bits per heavy atom. The summed E-state index contributed by atoms with van der Waals surface area (Å²) in [6.45, 7) is 13.5. The Morgan fingerprint density at radius 3 is 1.89 bits per heavy atom. The Hall–Kier alpha value is 1.23. The summed E-state index contributed by atoms with van der Waals surface area (Å²) in [4.78, 5) is 0. The van der Waals surface area contributed by atoms with Gasteiger partial charge in [-0.15, -0.1) is 10.2 Å². The van der Waals surface area contributed by atoms with Gasteiger partial charge in [-0.1, -0.05) is 75.4 Å². The molecule has 0 saturated heterocycles. The fourth-order valence-electron chi connectivity index (χ4n) is 0.802. The number of nitrogens with zero attached hydrogens (tertiary/aromatic N) is 2. The largest absolute Gasteiger partial charge is 0.185 e. The zero-order chi connectivity index (χ0) is 13.7. The third-order valence-corrected chi connectivity index (χ3v) is 8.73. The molecule has 2 atom stereocenters. The average molecular weight is 388 g/mol. The van der Waals surface area contributed by atoms with Crippen LogP contribution in [0.2, 0.25) is 0 Å². The van der Waals surface area contributed by atoms with Gasteiger partial charge >= 0.3 is 0 Å². The molecule has 0 aliphatic rings. The van der Waals surface area contributed by atoms with Gasteiger partial charge in [-0.05, 0) is 22.6 Å². The normalized spacial score (nSPS) is 14.5. The van der Waals surface area contributed by atoms with Gasteiger partial charge in [0.25, 0.3) is 0 Å². The first-order valence-corrected chi connectivity index (χ1v) is 10.1. The van der Waals surface area contributed by atoms with Crippen LogP contribution in [0.5, 0.6) is 0 Å². The molecule has 0 aliphatic carbocycles. The summed E-state index contributed by atoms with van der Waals surface area (Å²) in [7, 11) is 3.65. The number of aromatic nitrogens is 2. The van der Waals surface area contributed by atoms with Crippen molar-refractivity contribution in [2.24, 2.45) is 11.8 Å². The quantitative estimate of drug-likeness (QED) is 0.351. The second-order valence-corrected chi connectivity index (χ2v) is 10.5. The maximum absolute atomic E-state index is 4.26. The SMILES string of the molecule is CC(C)C(C)SSc1nnc(SC(C)C(C)C)s1.[Zn]. The second kappa shape index (κ2) is 10.0. The van der Waals surface area contributed by atoms with Gasteiger partial charge in [0.15, 0.2) is 8.68 Å². The van der Waals surface area contributed by atoms with E-state index in [1.807, 2.05) is 22.6 Å². The third kappa shape index (κ3) is 7.70. The summed E-state index contributed by atoms with van der Waals surface area (Å²) in [5.41, 5.74) is 0. The van der Waals surface area contributed by atoms with Crippen LogP contribution in [0.3, 0.4) is 0 Å². The summed E-state index contributed by atoms with van der Waals surface area (Å²) in [6, 6.07) is 0. The van der Waals surface area contributed by atoms with Crippen LogP contribution in [-0.2, 0) is 19.5 Å². The van der Waals surface area contributed by atoms with E-state index in [4.69, 9.17) is 0 Å². The van der Waals surface area contributed by atoms with E-state index in [0.717, 1.165) is 8.68 Å². The Morgan fingerprint density at radius 2 is 1.37 bits per heavy atom. The van der Waals surface area contributed by atoms with Crippen molar-refractivity contribution in [3.05, 3.63) is 0 Å². The zero-order valence-electron chi connectivity index (χ0n) is 12.5. The predicted molar refractivity (Wildman–Crippen MR) is 87.8 cm³/mol. The first-order chi connectivity index (χ1) is 8.40. The number of hydrogen-bond acceptors (Lipinski definition) is 6. The van der Waals surface area contributed by atoms with Crippen molar-refractivity contribution in [3.63, 3.8) is 0 Å². The van der Waals surface area contributed by atoms with Crippen molar-refractivity contribution in [1.82, 2.24) is 10.2 Å². The minimum absolute atomic E-state index is 0. The molecule has 7 heteroatoms. The molecule has 1 aromatic rings. The van der Waals surface area contributed by atoms with Crippen molar-refractivity contribution < 1.29 is 19.5 Å². The van der Waals surface area contributed by atoms with Crippen LogP contribution >= 0.6 is 44.7 Å². The van der Waals surface area contributed by atoms with E-state index < -0.39 is 0 Å². The molecule has 0 aromatic carbocycles. The average Bonchev–Trinajstić information content (AvgIpc) is 2.73. The Bertz CT molecular complexity index is 357. The fraction of sp³-hybridized carbons (Fsp3) is 0.833. The van der Waals surface area contributed by atoms with E-state index in [9.17, 15) is 0 Å². The van der Waals surface area contributed by atoms with Crippen molar-refractivity contribution in [3.8, 4) is 0 Å². The molecule has 2 nitrogen and oxygen atoms in total. The molecule has 0 amide bonds. The monoisotopic (exact) mass is 386 g/mol. The second-order valence-electron chi connectivity index (χ2n) is 5.03. The van der Waals surface area contributed by atoms with Crippen molar-refractivity contribution >= 4 is 44.7 Å². The topological polar surface area (TPSA) is 25.8 Å². The maximum Gasteiger partial charge on any atom is 0.185 e. The Kier molecular flexibility index (Phi) is 10.7. The van der Waals surface area contributed by atoms with Gasteiger partial charge in [-0.3, -0.25) is 0 Å². The van der Waals surface area contributed by atoms with Crippen LogP contribution in [0.25, 0.3) is 0 Å². The Labute approximate surface area is 146 Å². The molecule has 0 fully saturated rings. The van der Waals surface area contributed by atoms with Crippen molar-refractivity contribution in [2.45, 2.75) is 60.7 Å². The molecule has 0 spiro atoms. The smallest absolute Gasteiger partial charge is 0.131 e. The summed E-state index contributed by atoms with van der Waals surface area (Å²) in [5.74, 6) is 1.37. The van der Waals surface area contributed by atoms with Gasteiger partial charge in [0.05, 0.1) is 0 Å². The van der Waals surface area contributed by atoms with Gasteiger partial charge in [-0.2, -0.15) is 0 Å². The van der Waals surface area contributed by atoms with Gasteiger partial charge in [0.2, 0.25) is 0 Å². The van der Waals surface area contributed by atoms with E-state index in [2.05, 4.69) is 51.7 Å². The molecule has 1 heterocycles. The van der Waals surface area contributed by atoms with Crippen molar-refractivity contribution in [1.29, 1.82) is 0 Å². The Balaban J connectivity index is 0.00000324. The van der Waals surface area contributed by atoms with Gasteiger partial charge in [-0.25, -0.2) is 0 Å². The van der Waals surface area contributed by atoms with Crippen LogP contribution < -0.4 is 0 Å². The van der Waals surface area contributed by atoms with E-state index in [1.54, 1.807) is 22.1 Å². The molecule has 1 aromatic heterocycles. The van der Waals surface area contributed by atoms with Crippen LogP contribution in [0, 0.1) is 11.8 Å². The van der Waals surface area contributed by atoms with E-state index in [-0.39, 0.29) is 19.5 Å². The fourth-order valence-corrected chi connectivity index (χ4v) is 5.87. The summed E-state index contributed by atoms with van der Waals surface area (Å²) >= 11 is 3.55. The van der Waals surface area contributed by atoms with E-state index in [1.165, 1.54) is 0 Å². The first-order valence-electron chi connectivity index (χ1n) is 6.23. The number of thioether (sulfide) groups is 1. The van der Waals surface area contributed by atoms with Crippen LogP contribution in [0.15, 0.2) is 8.68 Å². The van der Waals surface area contributed by atoms with Crippen LogP contribution in [-0.4, -0.2) is 20.7 Å². The molecule has 0 aliphatic heterocycles. The molecular formula is C12H22N2S4Zn. The number of rotatable bonds is 7. The van der Waals surface area contributed by atoms with Crippen molar-refractivity contribution in [2.75, 3.05) is 0 Å². The molecule has 0 bridgehead atoms. The first kappa shape index (κ1) is 20.2. The molecular weight excluding hydrogens is 366 g/mol. The standard InChI is InChI=1S/C12H22N2S4.Zn/c1-7(2)9(5)15-11-13-14-12(16-11)18-17-10(6)8(3)4;/h7-10H,1-6H3;. The number of hydrogen-bond donors (Lipinski definition) is 0. The van der Waals surface area contributed by atoms with Gasteiger partial charge in [0.1, 0.15) is 0 Å². The molecule has 0 radical (unpaired) electrons. The van der Waals surface area contributed by atoms with E-state index >= 15 is 0 Å².